The molecule has 5 heteroatoms. The van der Waals surface area contributed by atoms with Gasteiger partial charge in [-0.1, -0.05) is 19.9 Å². The number of benzene rings is 1. The number of hydrogen-bond donors (Lipinski definition) is 1. The van der Waals surface area contributed by atoms with Crippen LogP contribution in [0.25, 0.3) is 0 Å². The summed E-state index contributed by atoms with van der Waals surface area (Å²) >= 11 is 0. The second kappa shape index (κ2) is 8.76. The molecular weight excluding hydrogens is 280 g/mol. The number of rotatable bonds is 9. The lowest BCUT2D eigenvalue weighted by molar-refractivity contribution is 0.0740. The van der Waals surface area contributed by atoms with Gasteiger partial charge in [0.1, 0.15) is 5.75 Å². The molecule has 2 N–H and O–H groups in total. The van der Waals surface area contributed by atoms with E-state index in [1.165, 1.54) is 0 Å². The third-order valence-electron chi connectivity index (χ3n) is 3.41. The lowest BCUT2D eigenvalue weighted by Crippen LogP contribution is -2.39. The molecule has 5 nitrogen and oxygen atoms in total. The van der Waals surface area contributed by atoms with Crippen molar-refractivity contribution in [2.75, 3.05) is 40.5 Å². The minimum absolute atomic E-state index is 0.0242. The average Bonchev–Trinajstić information content (AvgIpc) is 2.50. The Bertz CT molecular complexity index is 475. The fourth-order valence-electron chi connectivity index (χ4n) is 2.11. The van der Waals surface area contributed by atoms with E-state index in [9.17, 15) is 4.79 Å². The van der Waals surface area contributed by atoms with Crippen molar-refractivity contribution in [3.63, 3.8) is 0 Å². The van der Waals surface area contributed by atoms with Crippen molar-refractivity contribution < 1.29 is 14.3 Å². The van der Waals surface area contributed by atoms with Gasteiger partial charge in [0.05, 0.1) is 6.61 Å². The fraction of sp³-hybridized carbons (Fsp3) is 0.588. The molecular formula is C17H28N2O3. The van der Waals surface area contributed by atoms with E-state index in [-0.39, 0.29) is 11.3 Å². The smallest absolute Gasteiger partial charge is 0.253 e. The van der Waals surface area contributed by atoms with Gasteiger partial charge in [-0.05, 0) is 30.2 Å². The topological polar surface area (TPSA) is 64.8 Å². The van der Waals surface area contributed by atoms with Crippen molar-refractivity contribution in [3.05, 3.63) is 29.8 Å². The van der Waals surface area contributed by atoms with Gasteiger partial charge in [-0.3, -0.25) is 4.79 Å². The molecule has 0 saturated carbocycles. The Kier molecular flexibility index (Phi) is 7.35. The lowest BCUT2D eigenvalue weighted by atomic mass is 9.93. The first kappa shape index (κ1) is 18.5. The SMILES string of the molecule is COCCCOc1cccc(C(=O)N(C)CC(C)(C)CN)c1. The molecule has 0 atom stereocenters. The van der Waals surface area contributed by atoms with Crippen LogP contribution in [0.5, 0.6) is 5.75 Å². The summed E-state index contributed by atoms with van der Waals surface area (Å²) in [5.74, 6) is 0.678. The van der Waals surface area contributed by atoms with Crippen molar-refractivity contribution >= 4 is 5.91 Å². The van der Waals surface area contributed by atoms with Crippen molar-refractivity contribution in [2.24, 2.45) is 11.1 Å². The monoisotopic (exact) mass is 308 g/mol. The molecule has 0 aliphatic rings. The summed E-state index contributed by atoms with van der Waals surface area (Å²) in [4.78, 5) is 14.2. The summed E-state index contributed by atoms with van der Waals surface area (Å²) in [7, 11) is 3.46. The number of hydrogen-bond acceptors (Lipinski definition) is 4. The normalized spacial score (nSPS) is 11.3. The number of nitrogens with two attached hydrogens (primary N) is 1. The molecule has 0 radical (unpaired) electrons. The summed E-state index contributed by atoms with van der Waals surface area (Å²) < 4.78 is 10.6. The number of nitrogens with zero attached hydrogens (tertiary/aromatic N) is 1. The molecule has 22 heavy (non-hydrogen) atoms. The van der Waals surface area contributed by atoms with Crippen LogP contribution in [0.3, 0.4) is 0 Å². The van der Waals surface area contributed by atoms with Crippen LogP contribution in [0.2, 0.25) is 0 Å². The molecule has 1 aromatic rings. The third kappa shape index (κ3) is 6.03. The molecule has 0 aliphatic heterocycles. The first-order valence-electron chi connectivity index (χ1n) is 7.57. The summed E-state index contributed by atoms with van der Waals surface area (Å²) in [5, 5.41) is 0. The summed E-state index contributed by atoms with van der Waals surface area (Å²) in [6, 6.07) is 7.27. The van der Waals surface area contributed by atoms with Crippen LogP contribution in [-0.4, -0.2) is 51.3 Å². The largest absolute Gasteiger partial charge is 0.493 e. The second-order valence-corrected chi connectivity index (χ2v) is 6.25. The standard InChI is InChI=1S/C17H28N2O3/c1-17(2,12-18)13-19(3)16(20)14-7-5-8-15(11-14)22-10-6-9-21-4/h5,7-8,11H,6,9-10,12-13,18H2,1-4H3. The van der Waals surface area contributed by atoms with Crippen LogP contribution in [0.1, 0.15) is 30.6 Å². The molecule has 1 aromatic carbocycles. The summed E-state index contributed by atoms with van der Waals surface area (Å²) in [6.07, 6.45) is 0.819. The van der Waals surface area contributed by atoms with Crippen LogP contribution in [0.15, 0.2) is 24.3 Å². The van der Waals surface area contributed by atoms with Crippen molar-refractivity contribution in [1.29, 1.82) is 0 Å². The number of amides is 1. The lowest BCUT2D eigenvalue weighted by Gasteiger charge is -2.29. The van der Waals surface area contributed by atoms with Crippen LogP contribution in [-0.2, 0) is 4.74 Å². The van der Waals surface area contributed by atoms with Gasteiger partial charge in [-0.2, -0.15) is 0 Å². The zero-order chi connectivity index (χ0) is 16.6. The first-order chi connectivity index (χ1) is 10.4. The van der Waals surface area contributed by atoms with Gasteiger partial charge in [0, 0.05) is 39.3 Å². The average molecular weight is 308 g/mol. The molecule has 1 rings (SSSR count). The molecule has 0 aromatic heterocycles. The number of ether oxygens (including phenoxy) is 2. The van der Waals surface area contributed by atoms with E-state index in [0.29, 0.717) is 37.6 Å². The predicted octanol–water partition coefficient (Wildman–Crippen LogP) is 2.16. The number of methoxy groups -OCH3 is 1. The molecule has 0 unspecified atom stereocenters. The number of carbonyl (C=O) groups excluding carboxylic acids is 1. The first-order valence-corrected chi connectivity index (χ1v) is 7.57. The maximum Gasteiger partial charge on any atom is 0.253 e. The second-order valence-electron chi connectivity index (χ2n) is 6.25. The Labute approximate surface area is 133 Å². The molecule has 0 saturated heterocycles. The highest BCUT2D eigenvalue weighted by molar-refractivity contribution is 5.94. The third-order valence-corrected chi connectivity index (χ3v) is 3.41. The van der Waals surface area contributed by atoms with Gasteiger partial charge in [-0.25, -0.2) is 0 Å². The maximum absolute atomic E-state index is 12.5. The Morgan fingerprint density at radius 3 is 2.68 bits per heavy atom. The molecule has 0 spiro atoms. The summed E-state index contributed by atoms with van der Waals surface area (Å²) in [6.45, 7) is 6.48. The van der Waals surface area contributed by atoms with E-state index in [1.54, 1.807) is 31.2 Å². The highest BCUT2D eigenvalue weighted by Crippen LogP contribution is 2.18. The molecule has 0 aliphatic carbocycles. The van der Waals surface area contributed by atoms with E-state index < -0.39 is 0 Å². The van der Waals surface area contributed by atoms with Gasteiger partial charge in [-0.15, -0.1) is 0 Å². The van der Waals surface area contributed by atoms with Crippen LogP contribution in [0, 0.1) is 5.41 Å². The van der Waals surface area contributed by atoms with E-state index in [0.717, 1.165) is 6.42 Å². The van der Waals surface area contributed by atoms with Crippen molar-refractivity contribution in [1.82, 2.24) is 4.90 Å². The van der Waals surface area contributed by atoms with Gasteiger partial charge >= 0.3 is 0 Å². The van der Waals surface area contributed by atoms with E-state index in [1.807, 2.05) is 26.0 Å². The van der Waals surface area contributed by atoms with Gasteiger partial charge in [0.25, 0.3) is 5.91 Å². The maximum atomic E-state index is 12.5. The van der Waals surface area contributed by atoms with Crippen LogP contribution < -0.4 is 10.5 Å². The van der Waals surface area contributed by atoms with E-state index in [4.69, 9.17) is 15.2 Å². The summed E-state index contributed by atoms with van der Waals surface area (Å²) in [5.41, 5.74) is 6.25. The molecule has 124 valence electrons. The minimum Gasteiger partial charge on any atom is -0.493 e. The fourth-order valence-corrected chi connectivity index (χ4v) is 2.11. The van der Waals surface area contributed by atoms with E-state index >= 15 is 0 Å². The molecule has 1 amide bonds. The highest BCUT2D eigenvalue weighted by Gasteiger charge is 2.22. The van der Waals surface area contributed by atoms with Gasteiger partial charge in [0.2, 0.25) is 0 Å². The Morgan fingerprint density at radius 1 is 1.32 bits per heavy atom. The Balaban J connectivity index is 2.65. The molecule has 0 bridgehead atoms. The quantitative estimate of drug-likeness (QED) is 0.710. The van der Waals surface area contributed by atoms with Crippen molar-refractivity contribution in [3.8, 4) is 5.75 Å². The van der Waals surface area contributed by atoms with Crippen LogP contribution in [0.4, 0.5) is 0 Å². The molecule has 0 fully saturated rings. The zero-order valence-corrected chi connectivity index (χ0v) is 14.1. The highest BCUT2D eigenvalue weighted by atomic mass is 16.5. The zero-order valence-electron chi connectivity index (χ0n) is 14.1. The van der Waals surface area contributed by atoms with Gasteiger partial charge < -0.3 is 20.1 Å². The Hall–Kier alpha value is -1.59. The molecule has 0 heterocycles. The van der Waals surface area contributed by atoms with Gasteiger partial charge in [0.15, 0.2) is 0 Å². The van der Waals surface area contributed by atoms with Crippen molar-refractivity contribution in [2.45, 2.75) is 20.3 Å². The minimum atomic E-state index is -0.0985. The van der Waals surface area contributed by atoms with Crippen LogP contribution >= 0.6 is 0 Å². The number of carbonyl (C=O) groups is 1. The van der Waals surface area contributed by atoms with E-state index in [2.05, 4.69) is 0 Å². The Morgan fingerprint density at radius 2 is 2.05 bits per heavy atom. The predicted molar refractivity (Wildman–Crippen MR) is 88.2 cm³/mol.